The van der Waals surface area contributed by atoms with Crippen molar-refractivity contribution in [3.05, 3.63) is 48.5 Å². The minimum atomic E-state index is 0.747. The quantitative estimate of drug-likeness (QED) is 0.721. The van der Waals surface area contributed by atoms with Gasteiger partial charge in [0, 0.05) is 24.3 Å². The molecular weight excluding hydrogens is 250 g/mol. The zero-order chi connectivity index (χ0) is 13.8. The van der Waals surface area contributed by atoms with E-state index in [2.05, 4.69) is 33.6 Å². The Bertz CT molecular complexity index is 699. The van der Waals surface area contributed by atoms with E-state index in [1.807, 2.05) is 35.3 Å². The number of nitrogens with one attached hydrogen (secondary N) is 1. The number of aromatic nitrogens is 4. The van der Waals surface area contributed by atoms with Crippen LogP contribution in [0.15, 0.2) is 42.9 Å². The van der Waals surface area contributed by atoms with E-state index < -0.39 is 0 Å². The van der Waals surface area contributed by atoms with Crippen LogP contribution >= 0.6 is 0 Å². The average Bonchev–Trinajstić information content (AvgIpc) is 2.96. The van der Waals surface area contributed by atoms with Crippen LogP contribution in [0, 0.1) is 0 Å². The molecule has 0 bridgehead atoms. The van der Waals surface area contributed by atoms with E-state index in [4.69, 9.17) is 0 Å². The summed E-state index contributed by atoms with van der Waals surface area (Å²) in [5, 5.41) is 14.0. The summed E-state index contributed by atoms with van der Waals surface area (Å²) in [5.74, 6) is 0. The number of fused-ring (bicyclic) bond motifs is 1. The number of nitrogens with zero attached hydrogens (tertiary/aromatic N) is 4. The van der Waals surface area contributed by atoms with Crippen molar-refractivity contribution in [2.45, 2.75) is 19.9 Å². The fourth-order valence-corrected chi connectivity index (χ4v) is 2.19. The molecule has 0 unspecified atom stereocenters. The van der Waals surface area contributed by atoms with Crippen LogP contribution in [0.5, 0.6) is 0 Å². The molecule has 0 fully saturated rings. The van der Waals surface area contributed by atoms with Gasteiger partial charge < -0.3 is 5.32 Å². The Morgan fingerprint density at radius 1 is 1.25 bits per heavy atom. The van der Waals surface area contributed by atoms with Gasteiger partial charge in [0.25, 0.3) is 0 Å². The van der Waals surface area contributed by atoms with E-state index in [-0.39, 0.29) is 0 Å². The first-order valence-electron chi connectivity index (χ1n) is 6.83. The van der Waals surface area contributed by atoms with E-state index in [0.29, 0.717) is 0 Å². The summed E-state index contributed by atoms with van der Waals surface area (Å²) in [6, 6.07) is 8.12. The first-order chi connectivity index (χ1) is 9.88. The molecule has 0 saturated heterocycles. The number of hydrogen-bond acceptors (Lipinski definition) is 4. The molecule has 1 N–H and O–H groups in total. The van der Waals surface area contributed by atoms with Crippen molar-refractivity contribution >= 4 is 10.8 Å². The predicted octanol–water partition coefficient (Wildman–Crippen LogP) is 2.32. The van der Waals surface area contributed by atoms with E-state index in [0.717, 1.165) is 41.7 Å². The Hall–Kier alpha value is -2.27. The van der Waals surface area contributed by atoms with E-state index in [9.17, 15) is 0 Å². The molecule has 1 aromatic carbocycles. The molecule has 2 heterocycles. The van der Waals surface area contributed by atoms with Crippen LogP contribution in [-0.4, -0.2) is 26.5 Å². The highest BCUT2D eigenvalue weighted by atomic mass is 15.4. The molecule has 0 atom stereocenters. The van der Waals surface area contributed by atoms with Crippen LogP contribution < -0.4 is 5.32 Å². The zero-order valence-corrected chi connectivity index (χ0v) is 11.5. The second-order valence-corrected chi connectivity index (χ2v) is 4.71. The second kappa shape index (κ2) is 5.79. The summed E-state index contributed by atoms with van der Waals surface area (Å²) in [7, 11) is 0. The molecule has 0 aliphatic carbocycles. The normalized spacial score (nSPS) is 11.1. The number of benzene rings is 1. The summed E-state index contributed by atoms with van der Waals surface area (Å²) < 4.78 is 1.81. The molecule has 0 aliphatic heterocycles. The third-order valence-electron chi connectivity index (χ3n) is 3.18. The Balaban J connectivity index is 1.91. The van der Waals surface area contributed by atoms with Crippen molar-refractivity contribution < 1.29 is 0 Å². The van der Waals surface area contributed by atoms with Gasteiger partial charge in [-0.1, -0.05) is 24.3 Å². The van der Waals surface area contributed by atoms with Gasteiger partial charge in [0.05, 0.1) is 17.6 Å². The van der Waals surface area contributed by atoms with Gasteiger partial charge in [-0.15, -0.1) is 5.10 Å². The molecule has 0 amide bonds. The highest BCUT2D eigenvalue weighted by molar-refractivity contribution is 5.89. The standard InChI is InChI=1S/C15H17N5/c1-2-7-16-9-13-11-20(19-18-13)15-5-3-4-12-6-8-17-10-14(12)15/h3-6,8,10-11,16H,2,7,9H2,1H3. The smallest absolute Gasteiger partial charge is 0.0969 e. The van der Waals surface area contributed by atoms with Gasteiger partial charge in [0.15, 0.2) is 0 Å². The largest absolute Gasteiger partial charge is 0.311 e. The van der Waals surface area contributed by atoms with Crippen molar-refractivity contribution in [3.8, 4) is 5.69 Å². The van der Waals surface area contributed by atoms with Crippen molar-refractivity contribution in [2.24, 2.45) is 0 Å². The van der Waals surface area contributed by atoms with Crippen LogP contribution in [0.2, 0.25) is 0 Å². The molecule has 2 aromatic heterocycles. The van der Waals surface area contributed by atoms with Gasteiger partial charge in [-0.2, -0.15) is 0 Å². The average molecular weight is 267 g/mol. The summed E-state index contributed by atoms with van der Waals surface area (Å²) >= 11 is 0. The van der Waals surface area contributed by atoms with E-state index in [1.165, 1.54) is 0 Å². The summed E-state index contributed by atoms with van der Waals surface area (Å²) in [4.78, 5) is 4.19. The van der Waals surface area contributed by atoms with Crippen LogP contribution in [0.1, 0.15) is 19.0 Å². The molecule has 3 rings (SSSR count). The fourth-order valence-electron chi connectivity index (χ4n) is 2.19. The highest BCUT2D eigenvalue weighted by Gasteiger charge is 2.06. The monoisotopic (exact) mass is 267 g/mol. The van der Waals surface area contributed by atoms with Crippen molar-refractivity contribution in [3.63, 3.8) is 0 Å². The van der Waals surface area contributed by atoms with Crippen LogP contribution in [0.3, 0.4) is 0 Å². The minimum absolute atomic E-state index is 0.747. The van der Waals surface area contributed by atoms with Crippen molar-refractivity contribution in [2.75, 3.05) is 6.54 Å². The minimum Gasteiger partial charge on any atom is -0.311 e. The Labute approximate surface area is 117 Å². The van der Waals surface area contributed by atoms with E-state index in [1.54, 1.807) is 6.20 Å². The van der Waals surface area contributed by atoms with Gasteiger partial charge in [-0.3, -0.25) is 4.98 Å². The van der Waals surface area contributed by atoms with Gasteiger partial charge in [0.1, 0.15) is 0 Å². The number of rotatable bonds is 5. The third-order valence-corrected chi connectivity index (χ3v) is 3.18. The Morgan fingerprint density at radius 2 is 2.20 bits per heavy atom. The van der Waals surface area contributed by atoms with Crippen LogP contribution in [0.25, 0.3) is 16.5 Å². The third kappa shape index (κ3) is 2.53. The molecule has 0 radical (unpaired) electrons. The van der Waals surface area contributed by atoms with Gasteiger partial charge in [0.2, 0.25) is 0 Å². The molecule has 0 aliphatic rings. The fraction of sp³-hybridized carbons (Fsp3) is 0.267. The van der Waals surface area contributed by atoms with Crippen LogP contribution in [-0.2, 0) is 6.54 Å². The maximum atomic E-state index is 4.21. The molecular formula is C15H17N5. The number of hydrogen-bond donors (Lipinski definition) is 1. The highest BCUT2D eigenvalue weighted by Crippen LogP contribution is 2.20. The molecule has 3 aromatic rings. The first-order valence-corrected chi connectivity index (χ1v) is 6.83. The summed E-state index contributed by atoms with van der Waals surface area (Å²) in [6.07, 6.45) is 6.74. The predicted molar refractivity (Wildman–Crippen MR) is 78.7 cm³/mol. The van der Waals surface area contributed by atoms with Crippen LogP contribution in [0.4, 0.5) is 0 Å². The van der Waals surface area contributed by atoms with Gasteiger partial charge >= 0.3 is 0 Å². The lowest BCUT2D eigenvalue weighted by Gasteiger charge is -2.04. The summed E-state index contributed by atoms with van der Waals surface area (Å²) in [6.45, 7) is 3.88. The molecule has 20 heavy (non-hydrogen) atoms. The van der Waals surface area contributed by atoms with Crippen molar-refractivity contribution in [1.29, 1.82) is 0 Å². The molecule has 5 heteroatoms. The lowest BCUT2D eigenvalue weighted by molar-refractivity contribution is 0.662. The molecule has 0 saturated carbocycles. The van der Waals surface area contributed by atoms with E-state index >= 15 is 0 Å². The zero-order valence-electron chi connectivity index (χ0n) is 11.5. The second-order valence-electron chi connectivity index (χ2n) is 4.71. The van der Waals surface area contributed by atoms with Gasteiger partial charge in [-0.25, -0.2) is 4.68 Å². The summed E-state index contributed by atoms with van der Waals surface area (Å²) in [5.41, 5.74) is 1.95. The molecule has 0 spiro atoms. The van der Waals surface area contributed by atoms with Gasteiger partial charge in [-0.05, 0) is 30.5 Å². The molecule has 5 nitrogen and oxygen atoms in total. The van der Waals surface area contributed by atoms with Crippen molar-refractivity contribution in [1.82, 2.24) is 25.3 Å². The number of pyridine rings is 1. The Morgan fingerprint density at radius 3 is 3.10 bits per heavy atom. The lowest BCUT2D eigenvalue weighted by Crippen LogP contribution is -2.13. The lowest BCUT2D eigenvalue weighted by atomic mass is 10.1. The topological polar surface area (TPSA) is 55.6 Å². The first kappa shape index (κ1) is 12.7. The maximum absolute atomic E-state index is 4.21. The maximum Gasteiger partial charge on any atom is 0.0969 e. The molecule has 102 valence electrons. The SMILES string of the molecule is CCCNCc1cn(-c2cccc3ccncc23)nn1. The Kier molecular flexibility index (Phi) is 3.69.